The van der Waals surface area contributed by atoms with Crippen molar-refractivity contribution in [2.75, 3.05) is 0 Å². The zero-order chi connectivity index (χ0) is 14.3. The van der Waals surface area contributed by atoms with E-state index >= 15 is 0 Å². The van der Waals surface area contributed by atoms with E-state index in [1.807, 2.05) is 38.1 Å². The van der Waals surface area contributed by atoms with E-state index in [0.717, 1.165) is 18.4 Å². The smallest absolute Gasteiger partial charge is 0.146 e. The van der Waals surface area contributed by atoms with Crippen LogP contribution in [0.25, 0.3) is 6.08 Å². The highest BCUT2D eigenvalue weighted by atomic mass is 16.5. The van der Waals surface area contributed by atoms with Crippen LogP contribution < -0.4 is 4.74 Å². The molecular formula is C16H18N2O. The molecule has 0 amide bonds. The predicted molar refractivity (Wildman–Crippen MR) is 75.6 cm³/mol. The summed E-state index contributed by atoms with van der Waals surface area (Å²) >= 11 is 0. The highest BCUT2D eigenvalue weighted by molar-refractivity contribution is 5.66. The van der Waals surface area contributed by atoms with Crippen molar-refractivity contribution in [1.82, 2.24) is 0 Å². The Hall–Kier alpha value is -2.26. The van der Waals surface area contributed by atoms with Gasteiger partial charge in [0.2, 0.25) is 0 Å². The first-order valence-electron chi connectivity index (χ1n) is 6.44. The van der Waals surface area contributed by atoms with Gasteiger partial charge >= 0.3 is 0 Å². The molecular weight excluding hydrogens is 236 g/mol. The van der Waals surface area contributed by atoms with Crippen LogP contribution in [-0.2, 0) is 0 Å². The van der Waals surface area contributed by atoms with E-state index in [-0.39, 0.29) is 6.10 Å². The Balaban J connectivity index is 3.30. The summed E-state index contributed by atoms with van der Waals surface area (Å²) in [5.74, 6) is 0.514. The van der Waals surface area contributed by atoms with E-state index in [0.29, 0.717) is 16.9 Å². The van der Waals surface area contributed by atoms with E-state index in [1.54, 1.807) is 6.07 Å². The quantitative estimate of drug-likeness (QED) is 0.797. The van der Waals surface area contributed by atoms with Crippen LogP contribution in [0.15, 0.2) is 18.2 Å². The van der Waals surface area contributed by atoms with Crippen molar-refractivity contribution < 1.29 is 4.74 Å². The van der Waals surface area contributed by atoms with Crippen LogP contribution in [0.5, 0.6) is 5.75 Å². The Morgan fingerprint density at radius 1 is 1.32 bits per heavy atom. The van der Waals surface area contributed by atoms with Gasteiger partial charge in [-0.3, -0.25) is 0 Å². The molecule has 1 aromatic carbocycles. The molecule has 0 N–H and O–H groups in total. The van der Waals surface area contributed by atoms with Crippen molar-refractivity contribution in [3.63, 3.8) is 0 Å². The second kappa shape index (κ2) is 7.24. The first kappa shape index (κ1) is 14.8. The lowest BCUT2D eigenvalue weighted by molar-refractivity contribution is 0.209. The highest BCUT2D eigenvalue weighted by Crippen LogP contribution is 2.29. The topological polar surface area (TPSA) is 56.8 Å². The van der Waals surface area contributed by atoms with Gasteiger partial charge in [-0.25, -0.2) is 0 Å². The summed E-state index contributed by atoms with van der Waals surface area (Å²) in [7, 11) is 0. The molecule has 1 unspecified atom stereocenters. The minimum atomic E-state index is 0.0232. The average Bonchev–Trinajstić information content (AvgIpc) is 2.40. The molecule has 98 valence electrons. The number of hydrogen-bond donors (Lipinski definition) is 0. The van der Waals surface area contributed by atoms with E-state index in [9.17, 15) is 5.26 Å². The third-order valence-corrected chi connectivity index (χ3v) is 2.78. The van der Waals surface area contributed by atoms with E-state index in [1.165, 1.54) is 0 Å². The van der Waals surface area contributed by atoms with E-state index < -0.39 is 0 Å². The SMILES string of the molecule is CC=Cc1ccc(C#N)c(C#N)c1OC(C)CCC. The van der Waals surface area contributed by atoms with Gasteiger partial charge in [0.15, 0.2) is 0 Å². The van der Waals surface area contributed by atoms with Crippen molar-refractivity contribution in [2.45, 2.75) is 39.7 Å². The maximum absolute atomic E-state index is 9.26. The maximum atomic E-state index is 9.26. The van der Waals surface area contributed by atoms with Gasteiger partial charge in [-0.05, 0) is 32.4 Å². The number of hydrogen-bond acceptors (Lipinski definition) is 3. The zero-order valence-electron chi connectivity index (χ0n) is 11.6. The minimum Gasteiger partial charge on any atom is -0.489 e. The maximum Gasteiger partial charge on any atom is 0.146 e. The fourth-order valence-electron chi connectivity index (χ4n) is 1.91. The Morgan fingerprint density at radius 2 is 2.05 bits per heavy atom. The summed E-state index contributed by atoms with van der Waals surface area (Å²) in [6, 6.07) is 7.59. The normalized spacial score (nSPS) is 11.8. The van der Waals surface area contributed by atoms with Gasteiger partial charge in [-0.2, -0.15) is 10.5 Å². The molecule has 3 nitrogen and oxygen atoms in total. The van der Waals surface area contributed by atoms with Crippen LogP contribution in [0.3, 0.4) is 0 Å². The number of nitrogens with zero attached hydrogens (tertiary/aromatic N) is 2. The summed E-state index contributed by atoms with van der Waals surface area (Å²) < 4.78 is 5.88. The van der Waals surface area contributed by atoms with Gasteiger partial charge in [-0.15, -0.1) is 0 Å². The second-order valence-electron chi connectivity index (χ2n) is 4.35. The summed E-state index contributed by atoms with van der Waals surface area (Å²) in [6.45, 7) is 5.97. The first-order chi connectivity index (χ1) is 9.17. The fraction of sp³-hybridized carbons (Fsp3) is 0.375. The molecule has 0 fully saturated rings. The van der Waals surface area contributed by atoms with Gasteiger partial charge < -0.3 is 4.74 Å². The van der Waals surface area contributed by atoms with Crippen LogP contribution in [0.2, 0.25) is 0 Å². The van der Waals surface area contributed by atoms with Crippen LogP contribution in [0.4, 0.5) is 0 Å². The van der Waals surface area contributed by atoms with Gasteiger partial charge in [0.25, 0.3) is 0 Å². The molecule has 0 aliphatic rings. The number of ether oxygens (including phenoxy) is 1. The van der Waals surface area contributed by atoms with Crippen molar-refractivity contribution >= 4 is 6.08 Å². The lowest BCUT2D eigenvalue weighted by atomic mass is 10.0. The molecule has 1 aromatic rings. The lowest BCUT2D eigenvalue weighted by Crippen LogP contribution is -2.13. The molecule has 0 aromatic heterocycles. The molecule has 0 spiro atoms. The van der Waals surface area contributed by atoms with Gasteiger partial charge in [0.1, 0.15) is 23.5 Å². The monoisotopic (exact) mass is 254 g/mol. The fourth-order valence-corrected chi connectivity index (χ4v) is 1.91. The van der Waals surface area contributed by atoms with Crippen LogP contribution in [0, 0.1) is 22.7 Å². The third kappa shape index (κ3) is 3.60. The van der Waals surface area contributed by atoms with Gasteiger partial charge in [-0.1, -0.05) is 25.5 Å². The lowest BCUT2D eigenvalue weighted by Gasteiger charge is -2.17. The third-order valence-electron chi connectivity index (χ3n) is 2.78. The molecule has 0 saturated heterocycles. The van der Waals surface area contributed by atoms with Crippen LogP contribution in [-0.4, -0.2) is 6.10 Å². The predicted octanol–water partition coefficient (Wildman–Crippen LogP) is 4.03. The molecule has 1 rings (SSSR count). The number of rotatable bonds is 5. The summed E-state index contributed by atoms with van der Waals surface area (Å²) in [5.41, 5.74) is 1.51. The summed E-state index contributed by atoms with van der Waals surface area (Å²) in [6.07, 6.45) is 5.72. The molecule has 3 heteroatoms. The summed E-state index contributed by atoms with van der Waals surface area (Å²) in [4.78, 5) is 0. The van der Waals surface area contributed by atoms with Crippen molar-refractivity contribution in [3.05, 3.63) is 34.9 Å². The molecule has 19 heavy (non-hydrogen) atoms. The standard InChI is InChI=1S/C16H18N2O/c1-4-6-12(3)19-16-13(7-5-2)8-9-14(10-17)15(16)11-18/h5,7-9,12H,4,6H2,1-3H3. The second-order valence-corrected chi connectivity index (χ2v) is 4.35. The van der Waals surface area contributed by atoms with Crippen molar-refractivity contribution in [2.24, 2.45) is 0 Å². The average molecular weight is 254 g/mol. The van der Waals surface area contributed by atoms with E-state index in [4.69, 9.17) is 10.00 Å². The largest absolute Gasteiger partial charge is 0.489 e. The van der Waals surface area contributed by atoms with Gasteiger partial charge in [0, 0.05) is 5.56 Å². The molecule has 0 heterocycles. The number of benzene rings is 1. The zero-order valence-corrected chi connectivity index (χ0v) is 11.6. The summed E-state index contributed by atoms with van der Waals surface area (Å²) in [5, 5.41) is 18.3. The van der Waals surface area contributed by atoms with Crippen LogP contribution >= 0.6 is 0 Å². The van der Waals surface area contributed by atoms with Crippen LogP contribution in [0.1, 0.15) is 50.3 Å². The Bertz CT molecular complexity index is 547. The van der Waals surface area contributed by atoms with E-state index in [2.05, 4.69) is 13.0 Å². The molecule has 0 radical (unpaired) electrons. The molecule has 0 aliphatic carbocycles. The Kier molecular flexibility index (Phi) is 5.64. The molecule has 0 bridgehead atoms. The number of allylic oxidation sites excluding steroid dienone is 1. The Morgan fingerprint density at radius 3 is 2.58 bits per heavy atom. The minimum absolute atomic E-state index is 0.0232. The molecule has 0 saturated carbocycles. The Labute approximate surface area is 114 Å². The molecule has 1 atom stereocenters. The van der Waals surface area contributed by atoms with Gasteiger partial charge in [0.05, 0.1) is 11.7 Å². The first-order valence-corrected chi connectivity index (χ1v) is 6.44. The highest BCUT2D eigenvalue weighted by Gasteiger charge is 2.15. The number of nitriles is 2. The van der Waals surface area contributed by atoms with Crippen molar-refractivity contribution in [1.29, 1.82) is 10.5 Å². The van der Waals surface area contributed by atoms with Crippen molar-refractivity contribution in [3.8, 4) is 17.9 Å². The molecule has 0 aliphatic heterocycles.